The number of carbonyl (C=O) groups excluding carboxylic acids is 1. The van der Waals surface area contributed by atoms with Crippen molar-refractivity contribution in [2.45, 2.75) is 26.8 Å². The molecule has 1 saturated heterocycles. The highest BCUT2D eigenvalue weighted by molar-refractivity contribution is 5.98. The van der Waals surface area contributed by atoms with E-state index in [-0.39, 0.29) is 11.9 Å². The summed E-state index contributed by atoms with van der Waals surface area (Å²) in [4.78, 5) is 31.4. The predicted molar refractivity (Wildman–Crippen MR) is 107 cm³/mol. The van der Waals surface area contributed by atoms with E-state index in [0.29, 0.717) is 42.6 Å². The molecule has 1 aliphatic heterocycles. The Labute approximate surface area is 168 Å². The highest BCUT2D eigenvalue weighted by atomic mass is 16.7. The second kappa shape index (κ2) is 7.96. The number of hydrogen-bond donors (Lipinski definition) is 0. The molecule has 0 unspecified atom stereocenters. The van der Waals surface area contributed by atoms with E-state index in [9.17, 15) is 4.79 Å². The number of para-hydroxylation sites is 1. The van der Waals surface area contributed by atoms with Gasteiger partial charge in [0.2, 0.25) is 0 Å². The highest BCUT2D eigenvalue weighted by Crippen LogP contribution is 2.20. The zero-order valence-electron chi connectivity index (χ0n) is 16.7. The maximum Gasteiger partial charge on any atom is 0.256 e. The van der Waals surface area contributed by atoms with E-state index >= 15 is 0 Å². The molecule has 2 aromatic heterocycles. The van der Waals surface area contributed by atoms with Crippen molar-refractivity contribution >= 4 is 11.7 Å². The van der Waals surface area contributed by atoms with Crippen LogP contribution in [0.15, 0.2) is 42.7 Å². The first-order valence-electron chi connectivity index (χ1n) is 9.52. The minimum Gasteiger partial charge on any atom is -0.332 e. The molecule has 1 aromatic carbocycles. The molecular formula is C20H23N7O2. The van der Waals surface area contributed by atoms with E-state index < -0.39 is 0 Å². The smallest absolute Gasteiger partial charge is 0.256 e. The summed E-state index contributed by atoms with van der Waals surface area (Å²) in [5.74, 6) is 1.32. The van der Waals surface area contributed by atoms with E-state index in [1.165, 1.54) is 4.80 Å². The molecule has 9 heteroatoms. The van der Waals surface area contributed by atoms with Crippen LogP contribution in [-0.4, -0.2) is 61.5 Å². The van der Waals surface area contributed by atoms with Crippen molar-refractivity contribution in [3.05, 3.63) is 59.8 Å². The summed E-state index contributed by atoms with van der Waals surface area (Å²) in [6.07, 6.45) is 3.18. The van der Waals surface area contributed by atoms with Crippen LogP contribution < -0.4 is 5.06 Å². The predicted octanol–water partition coefficient (Wildman–Crippen LogP) is 1.96. The molecule has 3 aromatic rings. The molecule has 0 spiro atoms. The second-order valence-electron chi connectivity index (χ2n) is 7.00. The van der Waals surface area contributed by atoms with Gasteiger partial charge in [-0.3, -0.25) is 9.63 Å². The molecule has 0 saturated carbocycles. The first kappa shape index (κ1) is 19.0. The molecule has 9 nitrogen and oxygen atoms in total. The molecule has 150 valence electrons. The number of amides is 1. The van der Waals surface area contributed by atoms with Crippen LogP contribution in [0.25, 0.3) is 5.69 Å². The van der Waals surface area contributed by atoms with Gasteiger partial charge in [0.25, 0.3) is 5.91 Å². The SMILES string of the molecule is Cc1cc(N2CCN(C(=O)c3ccccc3-n3nccn3)[C@H](C)CO2)nc(C)n1. The number of rotatable bonds is 3. The number of hydroxylamine groups is 1. The fourth-order valence-corrected chi connectivity index (χ4v) is 3.40. The van der Waals surface area contributed by atoms with Gasteiger partial charge in [-0.25, -0.2) is 15.0 Å². The van der Waals surface area contributed by atoms with Crippen LogP contribution in [0.2, 0.25) is 0 Å². The number of aryl methyl sites for hydroxylation is 2. The Hall–Kier alpha value is -3.33. The first-order chi connectivity index (χ1) is 14.0. The molecule has 0 bridgehead atoms. The fourth-order valence-electron chi connectivity index (χ4n) is 3.40. The highest BCUT2D eigenvalue weighted by Gasteiger charge is 2.29. The third-order valence-electron chi connectivity index (χ3n) is 4.79. The number of benzene rings is 1. The van der Waals surface area contributed by atoms with Gasteiger partial charge >= 0.3 is 0 Å². The van der Waals surface area contributed by atoms with Crippen LogP contribution in [0.3, 0.4) is 0 Å². The van der Waals surface area contributed by atoms with Gasteiger partial charge < -0.3 is 4.90 Å². The fraction of sp³-hybridized carbons (Fsp3) is 0.350. The lowest BCUT2D eigenvalue weighted by Gasteiger charge is -2.26. The maximum atomic E-state index is 13.4. The lowest BCUT2D eigenvalue weighted by Crippen LogP contribution is -2.41. The average Bonchev–Trinajstić information content (AvgIpc) is 3.17. The van der Waals surface area contributed by atoms with Crippen molar-refractivity contribution < 1.29 is 9.63 Å². The van der Waals surface area contributed by atoms with Crippen LogP contribution in [0.4, 0.5) is 5.82 Å². The van der Waals surface area contributed by atoms with Gasteiger partial charge in [-0.2, -0.15) is 15.0 Å². The molecule has 29 heavy (non-hydrogen) atoms. The van der Waals surface area contributed by atoms with Gasteiger partial charge in [0, 0.05) is 18.3 Å². The summed E-state index contributed by atoms with van der Waals surface area (Å²) in [5, 5.41) is 10.1. The van der Waals surface area contributed by atoms with Crippen molar-refractivity contribution in [2.75, 3.05) is 24.8 Å². The monoisotopic (exact) mass is 393 g/mol. The second-order valence-corrected chi connectivity index (χ2v) is 7.00. The summed E-state index contributed by atoms with van der Waals surface area (Å²) in [7, 11) is 0. The number of nitrogens with zero attached hydrogens (tertiary/aromatic N) is 7. The van der Waals surface area contributed by atoms with Crippen LogP contribution in [0, 0.1) is 13.8 Å². The Bertz CT molecular complexity index is 986. The Morgan fingerprint density at radius 2 is 1.86 bits per heavy atom. The number of aromatic nitrogens is 5. The summed E-state index contributed by atoms with van der Waals surface area (Å²) in [5.41, 5.74) is 2.08. The van der Waals surface area contributed by atoms with E-state index in [1.807, 2.05) is 49.9 Å². The normalized spacial score (nSPS) is 17.3. The first-order valence-corrected chi connectivity index (χ1v) is 9.52. The molecule has 1 amide bonds. The molecule has 0 N–H and O–H groups in total. The van der Waals surface area contributed by atoms with Gasteiger partial charge in [-0.1, -0.05) is 12.1 Å². The minimum absolute atomic E-state index is 0.0779. The van der Waals surface area contributed by atoms with Crippen LogP contribution in [-0.2, 0) is 4.84 Å². The third-order valence-corrected chi connectivity index (χ3v) is 4.79. The Morgan fingerprint density at radius 3 is 2.62 bits per heavy atom. The van der Waals surface area contributed by atoms with Gasteiger partial charge in [0.05, 0.1) is 42.8 Å². The van der Waals surface area contributed by atoms with E-state index in [0.717, 1.165) is 5.69 Å². The van der Waals surface area contributed by atoms with Crippen molar-refractivity contribution in [2.24, 2.45) is 0 Å². The van der Waals surface area contributed by atoms with Crippen molar-refractivity contribution in [1.29, 1.82) is 0 Å². The molecule has 4 rings (SSSR count). The molecule has 1 aliphatic rings. The summed E-state index contributed by atoms with van der Waals surface area (Å²) < 4.78 is 0. The van der Waals surface area contributed by atoms with Crippen LogP contribution in [0.5, 0.6) is 0 Å². The van der Waals surface area contributed by atoms with Gasteiger partial charge in [-0.15, -0.1) is 0 Å². The Morgan fingerprint density at radius 1 is 1.10 bits per heavy atom. The van der Waals surface area contributed by atoms with Gasteiger partial charge in [-0.05, 0) is 32.9 Å². The molecular weight excluding hydrogens is 370 g/mol. The summed E-state index contributed by atoms with van der Waals surface area (Å²) in [6.45, 7) is 7.14. The minimum atomic E-state index is -0.102. The van der Waals surface area contributed by atoms with Crippen molar-refractivity contribution in [1.82, 2.24) is 29.9 Å². The van der Waals surface area contributed by atoms with Gasteiger partial charge in [0.15, 0.2) is 5.82 Å². The lowest BCUT2D eigenvalue weighted by atomic mass is 10.1. The van der Waals surface area contributed by atoms with Crippen LogP contribution >= 0.6 is 0 Å². The van der Waals surface area contributed by atoms with E-state index in [4.69, 9.17) is 4.84 Å². The zero-order chi connectivity index (χ0) is 20.4. The Kier molecular flexibility index (Phi) is 5.22. The third kappa shape index (κ3) is 3.95. The number of carbonyl (C=O) groups is 1. The van der Waals surface area contributed by atoms with Crippen molar-refractivity contribution in [3.8, 4) is 5.69 Å². The quantitative estimate of drug-likeness (QED) is 0.672. The van der Waals surface area contributed by atoms with E-state index in [1.54, 1.807) is 23.5 Å². The number of anilines is 1. The Balaban J connectivity index is 1.58. The average molecular weight is 393 g/mol. The standard InChI is InChI=1S/C20H23N7O2/c1-14-12-19(24-16(3)23-14)26-11-10-25(15(2)13-29-26)20(28)17-6-4-5-7-18(17)27-21-8-9-22-27/h4-9,12,15H,10-11,13H2,1-3H3/t15-/m1/s1. The van der Waals surface area contributed by atoms with Crippen LogP contribution in [0.1, 0.15) is 28.8 Å². The largest absolute Gasteiger partial charge is 0.332 e. The molecule has 3 heterocycles. The van der Waals surface area contributed by atoms with Crippen molar-refractivity contribution in [3.63, 3.8) is 0 Å². The molecule has 0 aliphatic carbocycles. The topological polar surface area (TPSA) is 89.3 Å². The summed E-state index contributed by atoms with van der Waals surface area (Å²) >= 11 is 0. The zero-order valence-corrected chi connectivity index (χ0v) is 16.7. The molecule has 0 radical (unpaired) electrons. The maximum absolute atomic E-state index is 13.4. The van der Waals surface area contributed by atoms with E-state index in [2.05, 4.69) is 20.2 Å². The summed E-state index contributed by atoms with van der Waals surface area (Å²) in [6, 6.07) is 9.13. The molecule has 1 fully saturated rings. The lowest BCUT2D eigenvalue weighted by molar-refractivity contribution is 0.0599. The number of hydrogen-bond acceptors (Lipinski definition) is 7. The van der Waals surface area contributed by atoms with Gasteiger partial charge in [0.1, 0.15) is 5.82 Å². The molecule has 1 atom stereocenters.